The van der Waals surface area contributed by atoms with Gasteiger partial charge in [-0.05, 0) is 25.8 Å². The Labute approximate surface area is 102 Å². The molecule has 2 rings (SSSR count). The molecule has 0 saturated heterocycles. The standard InChI is InChI=1S/C14H15N3/c1-4-13-14-12(5-6-16-13)9-11(2)10-17(14)8-7-15-3/h4-9H,1,3,10H2,2H3/b8-7-. The van der Waals surface area contributed by atoms with Crippen LogP contribution in [-0.2, 0) is 0 Å². The summed E-state index contributed by atoms with van der Waals surface area (Å²) in [4.78, 5) is 10.2. The third kappa shape index (κ3) is 2.18. The zero-order valence-corrected chi connectivity index (χ0v) is 9.93. The molecule has 0 saturated carbocycles. The Morgan fingerprint density at radius 3 is 3.06 bits per heavy atom. The molecule has 1 aromatic heterocycles. The van der Waals surface area contributed by atoms with Crippen LogP contribution in [0.3, 0.4) is 0 Å². The molecule has 1 aliphatic heterocycles. The molecule has 1 aromatic rings. The summed E-state index contributed by atoms with van der Waals surface area (Å²) in [5.74, 6) is 0. The highest BCUT2D eigenvalue weighted by atomic mass is 15.1. The summed E-state index contributed by atoms with van der Waals surface area (Å²) < 4.78 is 0. The molecule has 0 N–H and O–H groups in total. The van der Waals surface area contributed by atoms with Crippen LogP contribution in [0.4, 0.5) is 5.69 Å². The second-order valence-corrected chi connectivity index (χ2v) is 3.94. The van der Waals surface area contributed by atoms with Crippen molar-refractivity contribution in [2.75, 3.05) is 11.4 Å². The molecule has 3 heteroatoms. The van der Waals surface area contributed by atoms with Gasteiger partial charge in [0.05, 0.1) is 11.4 Å². The van der Waals surface area contributed by atoms with Crippen LogP contribution in [0, 0.1) is 0 Å². The van der Waals surface area contributed by atoms with Crippen molar-refractivity contribution in [2.45, 2.75) is 6.92 Å². The minimum atomic E-state index is 0.839. The zero-order chi connectivity index (χ0) is 12.3. The van der Waals surface area contributed by atoms with Gasteiger partial charge in [-0.15, -0.1) is 0 Å². The number of pyridine rings is 1. The second kappa shape index (κ2) is 4.78. The molecule has 0 fully saturated rings. The number of aliphatic imine (C=N–C) groups is 1. The first kappa shape index (κ1) is 11.3. The Hall–Kier alpha value is -2.16. The molecule has 0 spiro atoms. The molecular weight excluding hydrogens is 210 g/mol. The topological polar surface area (TPSA) is 28.5 Å². The molecule has 0 radical (unpaired) electrons. The second-order valence-electron chi connectivity index (χ2n) is 3.94. The molecule has 0 atom stereocenters. The lowest BCUT2D eigenvalue weighted by Crippen LogP contribution is -2.23. The van der Waals surface area contributed by atoms with Crippen LogP contribution in [0.5, 0.6) is 0 Å². The normalized spacial score (nSPS) is 14.4. The van der Waals surface area contributed by atoms with Crippen molar-refractivity contribution >= 4 is 24.6 Å². The Morgan fingerprint density at radius 2 is 2.35 bits per heavy atom. The molecule has 0 unspecified atom stereocenters. The Bertz CT molecular complexity index is 512. The van der Waals surface area contributed by atoms with Gasteiger partial charge in [0, 0.05) is 30.7 Å². The van der Waals surface area contributed by atoms with Crippen molar-refractivity contribution in [2.24, 2.45) is 4.99 Å². The van der Waals surface area contributed by atoms with Crippen LogP contribution >= 0.6 is 0 Å². The van der Waals surface area contributed by atoms with Gasteiger partial charge in [0.2, 0.25) is 0 Å². The van der Waals surface area contributed by atoms with E-state index in [1.54, 1.807) is 18.5 Å². The first-order valence-corrected chi connectivity index (χ1v) is 5.44. The van der Waals surface area contributed by atoms with E-state index in [1.807, 2.05) is 12.3 Å². The monoisotopic (exact) mass is 225 g/mol. The van der Waals surface area contributed by atoms with Crippen LogP contribution in [0.1, 0.15) is 18.2 Å². The Kier molecular flexibility index (Phi) is 3.19. The third-order valence-corrected chi connectivity index (χ3v) is 2.64. The first-order valence-electron chi connectivity index (χ1n) is 5.44. The highest BCUT2D eigenvalue weighted by Gasteiger charge is 2.17. The van der Waals surface area contributed by atoms with E-state index in [4.69, 9.17) is 0 Å². The third-order valence-electron chi connectivity index (χ3n) is 2.64. The van der Waals surface area contributed by atoms with Crippen LogP contribution in [0.25, 0.3) is 12.2 Å². The van der Waals surface area contributed by atoms with Gasteiger partial charge in [-0.2, -0.15) is 0 Å². The van der Waals surface area contributed by atoms with E-state index >= 15 is 0 Å². The van der Waals surface area contributed by atoms with Crippen molar-refractivity contribution in [1.82, 2.24) is 4.98 Å². The van der Waals surface area contributed by atoms with E-state index in [0.29, 0.717) is 0 Å². The maximum absolute atomic E-state index is 4.32. The van der Waals surface area contributed by atoms with E-state index in [-0.39, 0.29) is 0 Å². The molecule has 0 amide bonds. The van der Waals surface area contributed by atoms with E-state index in [2.05, 4.69) is 41.2 Å². The SMILES string of the molecule is C=Cc1nccc2c1N(/C=C\N=C)CC(C)=C2. The highest BCUT2D eigenvalue weighted by Crippen LogP contribution is 2.31. The van der Waals surface area contributed by atoms with Crippen LogP contribution in [0.15, 0.2) is 41.8 Å². The number of fused-ring (bicyclic) bond motifs is 1. The van der Waals surface area contributed by atoms with Gasteiger partial charge in [-0.3, -0.25) is 9.98 Å². The predicted octanol–water partition coefficient (Wildman–Crippen LogP) is 3.12. The Balaban J connectivity index is 2.56. The Morgan fingerprint density at radius 1 is 1.53 bits per heavy atom. The molecule has 0 aliphatic carbocycles. The molecule has 0 bridgehead atoms. The number of hydrogen-bond acceptors (Lipinski definition) is 3. The van der Waals surface area contributed by atoms with Crippen molar-refractivity contribution in [1.29, 1.82) is 0 Å². The van der Waals surface area contributed by atoms with Gasteiger partial charge in [0.15, 0.2) is 0 Å². The van der Waals surface area contributed by atoms with Gasteiger partial charge in [0.25, 0.3) is 0 Å². The number of hydrogen-bond donors (Lipinski definition) is 0. The molecule has 2 heterocycles. The lowest BCUT2D eigenvalue weighted by atomic mass is 10.0. The summed E-state index contributed by atoms with van der Waals surface area (Å²) in [7, 11) is 0. The lowest BCUT2D eigenvalue weighted by Gasteiger charge is -2.28. The van der Waals surface area contributed by atoms with Crippen molar-refractivity contribution in [3.63, 3.8) is 0 Å². The van der Waals surface area contributed by atoms with Crippen LogP contribution in [0.2, 0.25) is 0 Å². The maximum Gasteiger partial charge on any atom is 0.0866 e. The van der Waals surface area contributed by atoms with Crippen molar-refractivity contribution < 1.29 is 0 Å². The van der Waals surface area contributed by atoms with Gasteiger partial charge < -0.3 is 4.90 Å². The average Bonchev–Trinajstić information content (AvgIpc) is 2.34. The summed E-state index contributed by atoms with van der Waals surface area (Å²) in [6.07, 6.45) is 9.35. The van der Waals surface area contributed by atoms with E-state index in [1.165, 1.54) is 5.57 Å². The van der Waals surface area contributed by atoms with Crippen molar-refractivity contribution in [3.05, 3.63) is 48.1 Å². The lowest BCUT2D eigenvalue weighted by molar-refractivity contribution is 1.000. The van der Waals surface area contributed by atoms with E-state index < -0.39 is 0 Å². The van der Waals surface area contributed by atoms with E-state index in [9.17, 15) is 0 Å². The fraction of sp³-hybridized carbons (Fsp3) is 0.143. The summed E-state index contributed by atoms with van der Waals surface area (Å²) >= 11 is 0. The average molecular weight is 225 g/mol. The number of rotatable bonds is 3. The molecular formula is C14H15N3. The molecule has 0 aromatic carbocycles. The molecule has 17 heavy (non-hydrogen) atoms. The van der Waals surface area contributed by atoms with Crippen molar-refractivity contribution in [3.8, 4) is 0 Å². The van der Waals surface area contributed by atoms with Crippen LogP contribution < -0.4 is 4.90 Å². The maximum atomic E-state index is 4.32. The summed E-state index contributed by atoms with van der Waals surface area (Å²) in [6, 6.07) is 2.01. The highest BCUT2D eigenvalue weighted by molar-refractivity contribution is 5.80. The van der Waals surface area contributed by atoms with Gasteiger partial charge >= 0.3 is 0 Å². The minimum absolute atomic E-state index is 0.839. The first-order chi connectivity index (χ1) is 8.26. The van der Waals surface area contributed by atoms with Crippen LogP contribution in [-0.4, -0.2) is 18.2 Å². The largest absolute Gasteiger partial charge is 0.340 e. The molecule has 86 valence electrons. The number of anilines is 1. The smallest absolute Gasteiger partial charge is 0.0866 e. The quantitative estimate of drug-likeness (QED) is 0.739. The van der Waals surface area contributed by atoms with E-state index in [0.717, 1.165) is 23.5 Å². The minimum Gasteiger partial charge on any atom is -0.340 e. The molecule has 3 nitrogen and oxygen atoms in total. The van der Waals surface area contributed by atoms with Gasteiger partial charge in [-0.1, -0.05) is 18.2 Å². The fourth-order valence-electron chi connectivity index (χ4n) is 1.98. The predicted molar refractivity (Wildman–Crippen MR) is 74.0 cm³/mol. The summed E-state index contributed by atoms with van der Waals surface area (Å²) in [5.41, 5.74) is 4.42. The summed E-state index contributed by atoms with van der Waals surface area (Å²) in [5, 5.41) is 0. The summed E-state index contributed by atoms with van der Waals surface area (Å²) in [6.45, 7) is 10.2. The molecule has 1 aliphatic rings. The number of nitrogens with zero attached hydrogens (tertiary/aromatic N) is 3. The van der Waals surface area contributed by atoms with Gasteiger partial charge in [-0.25, -0.2) is 0 Å². The number of aromatic nitrogens is 1. The zero-order valence-electron chi connectivity index (χ0n) is 9.93. The van der Waals surface area contributed by atoms with Gasteiger partial charge in [0.1, 0.15) is 0 Å². The fourth-order valence-corrected chi connectivity index (χ4v) is 1.98.